The van der Waals surface area contributed by atoms with Crippen LogP contribution >= 0.6 is 0 Å². The Hall–Kier alpha value is -1.02. The van der Waals surface area contributed by atoms with E-state index in [-0.39, 0.29) is 0 Å². The summed E-state index contributed by atoms with van der Waals surface area (Å²) in [6, 6.07) is 7.00. The van der Waals surface area contributed by atoms with E-state index in [4.69, 9.17) is 0 Å². The van der Waals surface area contributed by atoms with Gasteiger partial charge in [0.1, 0.15) is 0 Å². The number of nitrogens with zero attached hydrogens (tertiary/aromatic N) is 1. The maximum absolute atomic E-state index is 3.66. The summed E-state index contributed by atoms with van der Waals surface area (Å²) in [5.41, 5.74) is 4.85. The number of nitrogens with one attached hydrogen (secondary N) is 1. The summed E-state index contributed by atoms with van der Waals surface area (Å²) in [7, 11) is 2.17. The molecule has 0 saturated heterocycles. The Labute approximate surface area is 129 Å². The highest BCUT2D eigenvalue weighted by Gasteiger charge is 2.30. The standard InChI is InChI=1S/C19H30N2/c1-16-8-9-18-17(15-16)7-6-13-21(18)14-12-19(20-2)10-4-3-5-11-19/h8-9,15,20H,3-7,10-14H2,1-2H3. The molecule has 1 fully saturated rings. The van der Waals surface area contributed by atoms with Gasteiger partial charge in [-0.1, -0.05) is 37.0 Å². The summed E-state index contributed by atoms with van der Waals surface area (Å²) in [6.45, 7) is 4.64. The molecule has 0 atom stereocenters. The molecule has 2 heteroatoms. The van der Waals surface area contributed by atoms with Crippen LogP contribution in [0.2, 0.25) is 0 Å². The molecule has 0 aromatic heterocycles. The molecule has 3 rings (SSSR count). The second kappa shape index (κ2) is 6.39. The molecule has 0 unspecified atom stereocenters. The number of hydrogen-bond acceptors (Lipinski definition) is 2. The van der Waals surface area contributed by atoms with Crippen molar-refractivity contribution in [1.82, 2.24) is 5.32 Å². The van der Waals surface area contributed by atoms with Crippen molar-refractivity contribution in [1.29, 1.82) is 0 Å². The van der Waals surface area contributed by atoms with Crippen molar-refractivity contribution >= 4 is 5.69 Å². The summed E-state index contributed by atoms with van der Waals surface area (Å²) in [5, 5.41) is 3.66. The first kappa shape index (κ1) is 14.9. The Bertz CT molecular complexity index is 474. The van der Waals surface area contributed by atoms with Crippen LogP contribution in [0.15, 0.2) is 18.2 Å². The largest absolute Gasteiger partial charge is 0.371 e. The van der Waals surface area contributed by atoms with Gasteiger partial charge in [-0.3, -0.25) is 0 Å². The lowest BCUT2D eigenvalue weighted by atomic mass is 9.79. The molecule has 116 valence electrons. The van der Waals surface area contributed by atoms with Crippen molar-refractivity contribution in [3.05, 3.63) is 29.3 Å². The summed E-state index contributed by atoms with van der Waals surface area (Å²) in [5.74, 6) is 0. The van der Waals surface area contributed by atoms with Gasteiger partial charge in [-0.2, -0.15) is 0 Å². The Balaban J connectivity index is 1.69. The van der Waals surface area contributed by atoms with Gasteiger partial charge in [0.2, 0.25) is 0 Å². The lowest BCUT2D eigenvalue weighted by Crippen LogP contribution is -2.47. The highest BCUT2D eigenvalue weighted by Crippen LogP contribution is 2.33. The van der Waals surface area contributed by atoms with E-state index in [0.717, 1.165) is 0 Å². The molecule has 0 radical (unpaired) electrons. The smallest absolute Gasteiger partial charge is 0.0398 e. The lowest BCUT2D eigenvalue weighted by molar-refractivity contribution is 0.232. The molecule has 0 amide bonds. The van der Waals surface area contributed by atoms with E-state index in [9.17, 15) is 0 Å². The average molecular weight is 286 g/mol. The molecule has 2 aliphatic rings. The van der Waals surface area contributed by atoms with E-state index in [2.05, 4.69) is 42.4 Å². The van der Waals surface area contributed by atoms with Crippen LogP contribution in [0.25, 0.3) is 0 Å². The topological polar surface area (TPSA) is 15.3 Å². The van der Waals surface area contributed by atoms with Gasteiger partial charge in [0, 0.05) is 24.3 Å². The van der Waals surface area contributed by atoms with Crippen molar-refractivity contribution in [2.24, 2.45) is 0 Å². The summed E-state index contributed by atoms with van der Waals surface area (Å²) < 4.78 is 0. The van der Waals surface area contributed by atoms with Crippen LogP contribution in [0, 0.1) is 6.92 Å². The molecule has 0 bridgehead atoms. The van der Waals surface area contributed by atoms with Gasteiger partial charge in [-0.15, -0.1) is 0 Å². The molecular formula is C19H30N2. The van der Waals surface area contributed by atoms with E-state index >= 15 is 0 Å². The first-order valence-electron chi connectivity index (χ1n) is 8.76. The molecule has 1 heterocycles. The Morgan fingerprint density at radius 2 is 1.95 bits per heavy atom. The predicted octanol–water partition coefficient (Wildman–Crippen LogP) is 4.06. The maximum Gasteiger partial charge on any atom is 0.0398 e. The second-order valence-electron chi connectivity index (χ2n) is 7.06. The Morgan fingerprint density at radius 1 is 1.14 bits per heavy atom. The monoisotopic (exact) mass is 286 g/mol. The molecule has 1 aromatic rings. The van der Waals surface area contributed by atoms with E-state index in [0.29, 0.717) is 5.54 Å². The van der Waals surface area contributed by atoms with E-state index in [1.54, 1.807) is 5.56 Å². The Morgan fingerprint density at radius 3 is 2.71 bits per heavy atom. The molecular weight excluding hydrogens is 256 g/mol. The number of benzene rings is 1. The minimum Gasteiger partial charge on any atom is -0.371 e. The van der Waals surface area contributed by atoms with Gasteiger partial charge in [-0.05, 0) is 57.7 Å². The van der Waals surface area contributed by atoms with E-state index in [1.165, 1.54) is 75.7 Å². The molecule has 2 nitrogen and oxygen atoms in total. The molecule has 1 saturated carbocycles. The minimum absolute atomic E-state index is 0.403. The van der Waals surface area contributed by atoms with Crippen LogP contribution in [0.5, 0.6) is 0 Å². The fraction of sp³-hybridized carbons (Fsp3) is 0.684. The summed E-state index contributed by atoms with van der Waals surface area (Å²) in [4.78, 5) is 2.63. The zero-order chi connectivity index (χ0) is 14.7. The first-order valence-corrected chi connectivity index (χ1v) is 8.76. The van der Waals surface area contributed by atoms with E-state index in [1.807, 2.05) is 0 Å². The van der Waals surface area contributed by atoms with Gasteiger partial charge in [-0.25, -0.2) is 0 Å². The molecule has 21 heavy (non-hydrogen) atoms. The summed E-state index contributed by atoms with van der Waals surface area (Å²) >= 11 is 0. The quantitative estimate of drug-likeness (QED) is 0.898. The van der Waals surface area contributed by atoms with Crippen molar-refractivity contribution in [2.45, 2.75) is 63.8 Å². The first-order chi connectivity index (χ1) is 10.2. The minimum atomic E-state index is 0.403. The number of aryl methyl sites for hydroxylation is 2. The third-order valence-electron chi connectivity index (χ3n) is 5.65. The van der Waals surface area contributed by atoms with Crippen molar-refractivity contribution < 1.29 is 0 Å². The SMILES string of the molecule is CNC1(CCN2CCCc3cc(C)ccc32)CCCCC1. The molecule has 1 N–H and O–H groups in total. The number of fused-ring (bicyclic) bond motifs is 1. The van der Waals surface area contributed by atoms with Gasteiger partial charge in [0.05, 0.1) is 0 Å². The van der Waals surface area contributed by atoms with Crippen LogP contribution in [-0.2, 0) is 6.42 Å². The number of rotatable bonds is 4. The van der Waals surface area contributed by atoms with Crippen LogP contribution in [0.1, 0.15) is 56.1 Å². The normalized spacial score (nSPS) is 21.1. The van der Waals surface area contributed by atoms with Gasteiger partial charge in [0.25, 0.3) is 0 Å². The third kappa shape index (κ3) is 3.26. The maximum atomic E-state index is 3.66. The van der Waals surface area contributed by atoms with Gasteiger partial charge >= 0.3 is 0 Å². The molecule has 1 aliphatic carbocycles. The second-order valence-corrected chi connectivity index (χ2v) is 7.06. The van der Waals surface area contributed by atoms with Crippen LogP contribution in [-0.4, -0.2) is 25.7 Å². The van der Waals surface area contributed by atoms with Crippen molar-refractivity contribution in [3.63, 3.8) is 0 Å². The van der Waals surface area contributed by atoms with Gasteiger partial charge in [0.15, 0.2) is 0 Å². The zero-order valence-electron chi connectivity index (χ0n) is 13.8. The zero-order valence-corrected chi connectivity index (χ0v) is 13.8. The number of hydrogen-bond donors (Lipinski definition) is 1. The van der Waals surface area contributed by atoms with Gasteiger partial charge < -0.3 is 10.2 Å². The summed E-state index contributed by atoms with van der Waals surface area (Å²) in [6.07, 6.45) is 10.8. The molecule has 1 aromatic carbocycles. The van der Waals surface area contributed by atoms with E-state index < -0.39 is 0 Å². The van der Waals surface area contributed by atoms with Crippen molar-refractivity contribution in [3.8, 4) is 0 Å². The third-order valence-corrected chi connectivity index (χ3v) is 5.65. The lowest BCUT2D eigenvalue weighted by Gasteiger charge is -2.40. The molecule has 0 spiro atoms. The highest BCUT2D eigenvalue weighted by molar-refractivity contribution is 5.56. The predicted molar refractivity (Wildman–Crippen MR) is 91.2 cm³/mol. The molecule has 1 aliphatic heterocycles. The van der Waals surface area contributed by atoms with Crippen molar-refractivity contribution in [2.75, 3.05) is 25.0 Å². The fourth-order valence-corrected chi connectivity index (χ4v) is 4.24. The highest BCUT2D eigenvalue weighted by atomic mass is 15.1. The average Bonchev–Trinajstić information content (AvgIpc) is 2.53. The van der Waals surface area contributed by atoms with Crippen LogP contribution < -0.4 is 10.2 Å². The number of anilines is 1. The fourth-order valence-electron chi connectivity index (χ4n) is 4.24. The van der Waals surface area contributed by atoms with Crippen LogP contribution in [0.4, 0.5) is 5.69 Å². The Kier molecular flexibility index (Phi) is 4.54. The van der Waals surface area contributed by atoms with Crippen LogP contribution in [0.3, 0.4) is 0 Å².